The van der Waals surface area contributed by atoms with Crippen molar-refractivity contribution in [2.75, 3.05) is 13.2 Å². The van der Waals surface area contributed by atoms with Crippen LogP contribution in [-0.4, -0.2) is 13.2 Å². The highest BCUT2D eigenvalue weighted by Gasteiger charge is 2.17. The summed E-state index contributed by atoms with van der Waals surface area (Å²) in [5.41, 5.74) is 1.24. The van der Waals surface area contributed by atoms with Gasteiger partial charge in [0.1, 0.15) is 5.75 Å². The molecular weight excluding hydrogens is 334 g/mol. The summed E-state index contributed by atoms with van der Waals surface area (Å²) in [6, 6.07) is 10.7. The van der Waals surface area contributed by atoms with Gasteiger partial charge in [-0.15, -0.1) is 11.3 Å². The number of hydrogen-bond acceptors (Lipinski definition) is 3. The molecule has 2 aromatic rings. The van der Waals surface area contributed by atoms with Crippen LogP contribution in [0.1, 0.15) is 36.8 Å². The first-order valence-corrected chi connectivity index (χ1v) is 8.62. The molecule has 2 nitrogen and oxygen atoms in total. The van der Waals surface area contributed by atoms with Gasteiger partial charge in [0.05, 0.1) is 12.6 Å². The van der Waals surface area contributed by atoms with Gasteiger partial charge in [0.25, 0.3) is 0 Å². The Bertz CT molecular complexity index is 541. The maximum atomic E-state index is 5.74. The summed E-state index contributed by atoms with van der Waals surface area (Å²) in [7, 11) is 0. The highest BCUT2D eigenvalue weighted by atomic mass is 79.9. The molecule has 2 rings (SSSR count). The van der Waals surface area contributed by atoms with Crippen molar-refractivity contribution in [3.05, 3.63) is 50.6 Å². The van der Waals surface area contributed by atoms with E-state index in [2.05, 4.69) is 64.7 Å². The fourth-order valence-electron chi connectivity index (χ4n) is 2.08. The molecule has 0 aliphatic rings. The topological polar surface area (TPSA) is 21.3 Å². The van der Waals surface area contributed by atoms with E-state index in [1.165, 1.54) is 10.4 Å². The van der Waals surface area contributed by atoms with Crippen LogP contribution in [-0.2, 0) is 0 Å². The van der Waals surface area contributed by atoms with Crippen LogP contribution >= 0.6 is 27.3 Å². The minimum Gasteiger partial charge on any atom is -0.494 e. The van der Waals surface area contributed by atoms with Gasteiger partial charge >= 0.3 is 0 Å². The summed E-state index contributed by atoms with van der Waals surface area (Å²) >= 11 is 5.40. The zero-order valence-corrected chi connectivity index (χ0v) is 14.3. The molecule has 0 spiro atoms. The molecule has 1 aromatic heterocycles. The molecule has 0 fully saturated rings. The summed E-state index contributed by atoms with van der Waals surface area (Å²) in [5, 5.41) is 5.66. The van der Waals surface area contributed by atoms with Gasteiger partial charge < -0.3 is 10.1 Å². The number of rotatable bonds is 7. The van der Waals surface area contributed by atoms with Gasteiger partial charge in [-0.3, -0.25) is 0 Å². The van der Waals surface area contributed by atoms with E-state index in [1.807, 2.05) is 6.07 Å². The Labute approximate surface area is 133 Å². The van der Waals surface area contributed by atoms with Crippen molar-refractivity contribution in [2.45, 2.75) is 26.3 Å². The van der Waals surface area contributed by atoms with Crippen molar-refractivity contribution in [1.82, 2.24) is 5.32 Å². The fourth-order valence-corrected chi connectivity index (χ4v) is 3.78. The number of ether oxygens (including phenoxy) is 1. The van der Waals surface area contributed by atoms with E-state index < -0.39 is 0 Å². The molecule has 1 atom stereocenters. The number of halogens is 1. The first-order valence-electron chi connectivity index (χ1n) is 6.95. The van der Waals surface area contributed by atoms with E-state index >= 15 is 0 Å². The zero-order chi connectivity index (χ0) is 14.4. The Morgan fingerprint density at radius 1 is 1.30 bits per heavy atom. The van der Waals surface area contributed by atoms with Crippen molar-refractivity contribution < 1.29 is 4.74 Å². The Morgan fingerprint density at radius 2 is 2.15 bits per heavy atom. The lowest BCUT2D eigenvalue weighted by molar-refractivity contribution is 0.317. The summed E-state index contributed by atoms with van der Waals surface area (Å²) in [6.45, 7) is 5.94. The quantitative estimate of drug-likeness (QED) is 0.756. The second-order valence-corrected chi connectivity index (χ2v) is 6.35. The van der Waals surface area contributed by atoms with E-state index in [0.29, 0.717) is 0 Å². The summed E-state index contributed by atoms with van der Waals surface area (Å²) in [4.78, 5) is 1.31. The average molecular weight is 354 g/mol. The second-order valence-electron chi connectivity index (χ2n) is 4.54. The smallest absolute Gasteiger partial charge is 0.119 e. The van der Waals surface area contributed by atoms with Crippen LogP contribution in [0.5, 0.6) is 5.75 Å². The van der Waals surface area contributed by atoms with Crippen LogP contribution in [0.15, 0.2) is 40.2 Å². The number of hydrogen-bond donors (Lipinski definition) is 1. The van der Waals surface area contributed by atoms with Crippen LogP contribution in [0, 0.1) is 0 Å². The molecule has 1 heterocycles. The average Bonchev–Trinajstić information content (AvgIpc) is 2.89. The summed E-state index contributed by atoms with van der Waals surface area (Å²) < 4.78 is 6.90. The van der Waals surface area contributed by atoms with Crippen LogP contribution in [0.2, 0.25) is 0 Å². The zero-order valence-electron chi connectivity index (χ0n) is 11.9. The minimum atomic E-state index is 0.208. The molecule has 0 amide bonds. The lowest BCUT2D eigenvalue weighted by Crippen LogP contribution is -2.21. The van der Waals surface area contributed by atoms with Gasteiger partial charge in [0.2, 0.25) is 0 Å². The highest BCUT2D eigenvalue weighted by molar-refractivity contribution is 9.10. The molecule has 1 unspecified atom stereocenters. The van der Waals surface area contributed by atoms with Crippen molar-refractivity contribution in [3.63, 3.8) is 0 Å². The molecule has 0 bridgehead atoms. The number of nitrogens with one attached hydrogen (secondary N) is 1. The molecule has 0 aliphatic heterocycles. The van der Waals surface area contributed by atoms with Gasteiger partial charge in [-0.25, -0.2) is 0 Å². The molecular formula is C16H20BrNOS. The van der Waals surface area contributed by atoms with Gasteiger partial charge in [0, 0.05) is 9.35 Å². The SMILES string of the molecule is CCCOc1cccc(C(NCC)c2sccc2Br)c1. The fraction of sp³-hybridized carbons (Fsp3) is 0.375. The highest BCUT2D eigenvalue weighted by Crippen LogP contribution is 2.34. The number of benzene rings is 1. The van der Waals surface area contributed by atoms with E-state index in [1.54, 1.807) is 11.3 Å². The summed E-state index contributed by atoms with van der Waals surface area (Å²) in [6.07, 6.45) is 1.03. The van der Waals surface area contributed by atoms with E-state index in [9.17, 15) is 0 Å². The Kier molecular flexibility index (Phi) is 6.07. The molecule has 1 N–H and O–H groups in total. The van der Waals surface area contributed by atoms with Crippen molar-refractivity contribution in [2.24, 2.45) is 0 Å². The predicted octanol–water partition coefficient (Wildman–Crippen LogP) is 5.00. The number of thiophene rings is 1. The Hall–Kier alpha value is -0.840. The van der Waals surface area contributed by atoms with Crippen molar-refractivity contribution >= 4 is 27.3 Å². The third kappa shape index (κ3) is 3.84. The third-order valence-corrected chi connectivity index (χ3v) is 4.92. The van der Waals surface area contributed by atoms with E-state index in [4.69, 9.17) is 4.74 Å². The van der Waals surface area contributed by atoms with E-state index in [0.717, 1.165) is 29.8 Å². The Morgan fingerprint density at radius 3 is 2.80 bits per heavy atom. The first kappa shape index (κ1) is 15.5. The molecule has 20 heavy (non-hydrogen) atoms. The van der Waals surface area contributed by atoms with Crippen molar-refractivity contribution in [3.8, 4) is 5.75 Å². The predicted molar refractivity (Wildman–Crippen MR) is 89.8 cm³/mol. The maximum Gasteiger partial charge on any atom is 0.119 e. The van der Waals surface area contributed by atoms with Gasteiger partial charge in [-0.1, -0.05) is 26.0 Å². The van der Waals surface area contributed by atoms with Gasteiger partial charge in [0.15, 0.2) is 0 Å². The summed E-state index contributed by atoms with van der Waals surface area (Å²) in [5.74, 6) is 0.944. The standard InChI is InChI=1S/C16H20BrNOS/c1-3-9-19-13-7-5-6-12(11-13)15(18-4-2)16-14(17)8-10-20-16/h5-8,10-11,15,18H,3-4,9H2,1-2H3. The van der Waals surface area contributed by atoms with Crippen molar-refractivity contribution in [1.29, 1.82) is 0 Å². The normalized spacial score (nSPS) is 12.3. The molecule has 0 aliphatic carbocycles. The minimum absolute atomic E-state index is 0.208. The monoisotopic (exact) mass is 353 g/mol. The lowest BCUT2D eigenvalue weighted by atomic mass is 10.0. The molecule has 108 valence electrons. The first-order chi connectivity index (χ1) is 9.76. The molecule has 1 aromatic carbocycles. The van der Waals surface area contributed by atoms with Crippen LogP contribution < -0.4 is 10.1 Å². The molecule has 0 saturated carbocycles. The lowest BCUT2D eigenvalue weighted by Gasteiger charge is -2.18. The maximum absolute atomic E-state index is 5.74. The van der Waals surface area contributed by atoms with Crippen LogP contribution in [0.3, 0.4) is 0 Å². The third-order valence-electron chi connectivity index (χ3n) is 2.98. The molecule has 0 saturated heterocycles. The molecule has 4 heteroatoms. The largest absolute Gasteiger partial charge is 0.494 e. The van der Waals surface area contributed by atoms with E-state index in [-0.39, 0.29) is 6.04 Å². The van der Waals surface area contributed by atoms with Crippen LogP contribution in [0.25, 0.3) is 0 Å². The van der Waals surface area contributed by atoms with Crippen LogP contribution in [0.4, 0.5) is 0 Å². The Balaban J connectivity index is 2.27. The van der Waals surface area contributed by atoms with Gasteiger partial charge in [-0.2, -0.15) is 0 Å². The second kappa shape index (κ2) is 7.81. The van der Waals surface area contributed by atoms with Gasteiger partial charge in [-0.05, 0) is 58.0 Å². The molecule has 0 radical (unpaired) electrons.